The average molecular weight is 364 g/mol. The molecule has 0 radical (unpaired) electrons. The van der Waals surface area contributed by atoms with Crippen molar-refractivity contribution >= 4 is 11.6 Å². The van der Waals surface area contributed by atoms with E-state index < -0.39 is 6.10 Å². The molecule has 2 rings (SSSR count). The zero-order valence-corrected chi connectivity index (χ0v) is 15.7. The molecule has 2 aromatic carbocycles. The number of aliphatic hydroxyl groups excluding tert-OH is 1. The maximum atomic E-state index is 10.4. The van der Waals surface area contributed by atoms with Crippen LogP contribution < -0.4 is 9.47 Å². The Kier molecular flexibility index (Phi) is 7.56. The van der Waals surface area contributed by atoms with Crippen molar-refractivity contribution in [3.8, 4) is 11.5 Å². The van der Waals surface area contributed by atoms with E-state index in [9.17, 15) is 5.11 Å². The van der Waals surface area contributed by atoms with Crippen molar-refractivity contribution in [1.29, 1.82) is 0 Å². The number of hydrogen-bond acceptors (Lipinski definition) is 4. The third-order valence-corrected chi connectivity index (χ3v) is 4.38. The van der Waals surface area contributed by atoms with Gasteiger partial charge in [-0.1, -0.05) is 29.8 Å². The molecule has 0 amide bonds. The molecule has 0 aliphatic carbocycles. The summed E-state index contributed by atoms with van der Waals surface area (Å²) >= 11 is 6.25. The second kappa shape index (κ2) is 9.66. The Morgan fingerprint density at radius 2 is 1.68 bits per heavy atom. The fourth-order valence-corrected chi connectivity index (χ4v) is 2.69. The van der Waals surface area contributed by atoms with Crippen molar-refractivity contribution in [3.63, 3.8) is 0 Å². The standard InChI is InChI=1S/C20H26ClNO3/c1-15(2)22(12-16-6-4-5-7-20(16)21)13-17(23)14-25-19-10-8-18(24-3)9-11-19/h4-11,15,17,23H,12-14H2,1-3H3/t17-/m1/s1. The number of aliphatic hydroxyl groups is 1. The van der Waals surface area contributed by atoms with Crippen LogP contribution in [0.5, 0.6) is 11.5 Å². The highest BCUT2D eigenvalue weighted by Gasteiger charge is 2.17. The monoisotopic (exact) mass is 363 g/mol. The average Bonchev–Trinajstić information content (AvgIpc) is 2.61. The highest BCUT2D eigenvalue weighted by molar-refractivity contribution is 6.31. The van der Waals surface area contributed by atoms with Crippen LogP contribution in [0.1, 0.15) is 19.4 Å². The molecule has 25 heavy (non-hydrogen) atoms. The molecular formula is C20H26ClNO3. The fraction of sp³-hybridized carbons (Fsp3) is 0.400. The molecule has 2 aromatic rings. The van der Waals surface area contributed by atoms with Gasteiger partial charge in [-0.15, -0.1) is 0 Å². The van der Waals surface area contributed by atoms with Gasteiger partial charge in [-0.3, -0.25) is 4.90 Å². The zero-order chi connectivity index (χ0) is 18.2. The Morgan fingerprint density at radius 1 is 1.04 bits per heavy atom. The summed E-state index contributed by atoms with van der Waals surface area (Å²) in [5.41, 5.74) is 1.06. The second-order valence-electron chi connectivity index (χ2n) is 6.25. The van der Waals surface area contributed by atoms with Crippen molar-refractivity contribution in [3.05, 3.63) is 59.1 Å². The van der Waals surface area contributed by atoms with E-state index >= 15 is 0 Å². The Morgan fingerprint density at radius 3 is 2.28 bits per heavy atom. The molecule has 0 bridgehead atoms. The lowest BCUT2D eigenvalue weighted by molar-refractivity contribution is 0.0543. The van der Waals surface area contributed by atoms with Crippen molar-refractivity contribution in [2.75, 3.05) is 20.3 Å². The summed E-state index contributed by atoms with van der Waals surface area (Å²) < 4.78 is 10.8. The summed E-state index contributed by atoms with van der Waals surface area (Å²) in [5, 5.41) is 11.1. The highest BCUT2D eigenvalue weighted by Crippen LogP contribution is 2.19. The molecule has 0 aliphatic rings. The van der Waals surface area contributed by atoms with Crippen molar-refractivity contribution in [2.45, 2.75) is 32.5 Å². The lowest BCUT2D eigenvalue weighted by atomic mass is 10.1. The summed E-state index contributed by atoms with van der Waals surface area (Å²) in [6.07, 6.45) is -0.591. The lowest BCUT2D eigenvalue weighted by Crippen LogP contribution is -2.39. The Hall–Kier alpha value is -1.75. The first-order valence-corrected chi connectivity index (χ1v) is 8.79. The molecule has 0 fully saturated rings. The van der Waals surface area contributed by atoms with Crippen LogP contribution in [0.25, 0.3) is 0 Å². The van der Waals surface area contributed by atoms with E-state index in [0.717, 1.165) is 16.3 Å². The van der Waals surface area contributed by atoms with Crippen LogP contribution in [0.15, 0.2) is 48.5 Å². The molecule has 0 saturated carbocycles. The SMILES string of the molecule is COc1ccc(OC[C@H](O)CN(Cc2ccccc2Cl)C(C)C)cc1. The fourth-order valence-electron chi connectivity index (χ4n) is 2.49. The minimum absolute atomic E-state index is 0.234. The number of benzene rings is 2. The van der Waals surface area contributed by atoms with E-state index in [1.807, 2.05) is 48.5 Å². The van der Waals surface area contributed by atoms with Gasteiger partial charge < -0.3 is 14.6 Å². The summed E-state index contributed by atoms with van der Waals surface area (Å²) in [6, 6.07) is 15.4. The first-order valence-electron chi connectivity index (χ1n) is 8.42. The van der Waals surface area contributed by atoms with Gasteiger partial charge >= 0.3 is 0 Å². The Labute approximate surface area is 154 Å². The number of rotatable bonds is 9. The van der Waals surface area contributed by atoms with Gasteiger partial charge in [0.1, 0.15) is 24.2 Å². The van der Waals surface area contributed by atoms with Gasteiger partial charge in [0.05, 0.1) is 7.11 Å². The number of ether oxygens (including phenoxy) is 2. The Bertz CT molecular complexity index is 646. The van der Waals surface area contributed by atoms with Crippen molar-refractivity contribution in [1.82, 2.24) is 4.90 Å². The number of methoxy groups -OCH3 is 1. The summed E-state index contributed by atoms with van der Waals surface area (Å²) in [4.78, 5) is 2.18. The molecule has 0 heterocycles. The molecule has 136 valence electrons. The summed E-state index contributed by atoms with van der Waals surface area (Å²) in [5.74, 6) is 1.49. The largest absolute Gasteiger partial charge is 0.497 e. The van der Waals surface area contributed by atoms with Gasteiger partial charge in [-0.05, 0) is 49.7 Å². The van der Waals surface area contributed by atoms with Crippen molar-refractivity contribution < 1.29 is 14.6 Å². The highest BCUT2D eigenvalue weighted by atomic mass is 35.5. The lowest BCUT2D eigenvalue weighted by Gasteiger charge is -2.29. The molecule has 0 aromatic heterocycles. The normalized spacial score (nSPS) is 12.4. The Balaban J connectivity index is 1.88. The van der Waals surface area contributed by atoms with E-state index in [2.05, 4.69) is 18.7 Å². The van der Waals surface area contributed by atoms with E-state index in [-0.39, 0.29) is 12.6 Å². The van der Waals surface area contributed by atoms with Gasteiger partial charge in [0.2, 0.25) is 0 Å². The molecule has 0 unspecified atom stereocenters. The van der Waals surface area contributed by atoms with Gasteiger partial charge in [-0.25, -0.2) is 0 Å². The smallest absolute Gasteiger partial charge is 0.119 e. The molecule has 4 nitrogen and oxygen atoms in total. The molecule has 0 saturated heterocycles. The minimum Gasteiger partial charge on any atom is -0.497 e. The van der Waals surface area contributed by atoms with Gasteiger partial charge in [-0.2, -0.15) is 0 Å². The van der Waals surface area contributed by atoms with Gasteiger partial charge in [0, 0.05) is 24.2 Å². The first kappa shape index (κ1) is 19.6. The zero-order valence-electron chi connectivity index (χ0n) is 15.0. The minimum atomic E-state index is -0.591. The predicted octanol–water partition coefficient (Wildman–Crippen LogP) is 4.00. The van der Waals surface area contributed by atoms with Crippen LogP contribution in [-0.4, -0.2) is 42.4 Å². The van der Waals surface area contributed by atoms with E-state index in [0.29, 0.717) is 18.8 Å². The third kappa shape index (κ3) is 6.24. The van der Waals surface area contributed by atoms with E-state index in [4.69, 9.17) is 21.1 Å². The van der Waals surface area contributed by atoms with Crippen LogP contribution in [0.4, 0.5) is 0 Å². The molecule has 0 spiro atoms. The first-order chi connectivity index (χ1) is 12.0. The van der Waals surface area contributed by atoms with Crippen LogP contribution >= 0.6 is 11.6 Å². The van der Waals surface area contributed by atoms with E-state index in [1.54, 1.807) is 7.11 Å². The van der Waals surface area contributed by atoms with Gasteiger partial charge in [0.25, 0.3) is 0 Å². The molecule has 0 aliphatic heterocycles. The van der Waals surface area contributed by atoms with Crippen LogP contribution in [0, 0.1) is 0 Å². The number of hydrogen-bond donors (Lipinski definition) is 1. The maximum Gasteiger partial charge on any atom is 0.119 e. The molecular weight excluding hydrogens is 338 g/mol. The molecule has 5 heteroatoms. The van der Waals surface area contributed by atoms with Crippen LogP contribution in [0.2, 0.25) is 5.02 Å². The third-order valence-electron chi connectivity index (χ3n) is 4.01. The quantitative estimate of drug-likeness (QED) is 0.731. The second-order valence-corrected chi connectivity index (χ2v) is 6.66. The van der Waals surface area contributed by atoms with Gasteiger partial charge in [0.15, 0.2) is 0 Å². The maximum absolute atomic E-state index is 10.4. The molecule has 1 N–H and O–H groups in total. The van der Waals surface area contributed by atoms with E-state index in [1.165, 1.54) is 0 Å². The van der Waals surface area contributed by atoms with Crippen LogP contribution in [0.3, 0.4) is 0 Å². The number of halogens is 1. The molecule has 1 atom stereocenters. The summed E-state index contributed by atoms with van der Waals surface area (Å²) in [7, 11) is 1.62. The summed E-state index contributed by atoms with van der Waals surface area (Å²) in [6.45, 7) is 5.65. The van der Waals surface area contributed by atoms with Crippen LogP contribution in [-0.2, 0) is 6.54 Å². The van der Waals surface area contributed by atoms with Crippen molar-refractivity contribution in [2.24, 2.45) is 0 Å². The topological polar surface area (TPSA) is 41.9 Å². The predicted molar refractivity (Wildman–Crippen MR) is 101 cm³/mol. The number of nitrogens with zero attached hydrogens (tertiary/aromatic N) is 1.